The van der Waals surface area contributed by atoms with Crippen molar-refractivity contribution < 1.29 is 31.9 Å². The number of fused-ring (bicyclic) bond motifs is 3. The van der Waals surface area contributed by atoms with E-state index in [1.54, 1.807) is 13.2 Å². The summed E-state index contributed by atoms with van der Waals surface area (Å²) in [6.07, 6.45) is 1.85. The Bertz CT molecular complexity index is 1280. The number of carbonyl (C=O) groups excluding carboxylic acids is 1. The van der Waals surface area contributed by atoms with Gasteiger partial charge in [-0.05, 0) is 47.5 Å². The van der Waals surface area contributed by atoms with E-state index in [2.05, 4.69) is 12.1 Å². The van der Waals surface area contributed by atoms with Gasteiger partial charge >= 0.3 is 6.09 Å². The lowest BCUT2D eigenvalue weighted by molar-refractivity contribution is -0.945. The molecule has 0 spiro atoms. The normalized spacial score (nSPS) is 22.2. The SMILES string of the molecule is COc1ccc(CC[N+]23CCC(CC2)[C@@H](OC(=O)N(Cc2ccc(F)c(F)c2)c2ccccc2F)C3)cc1. The summed E-state index contributed by atoms with van der Waals surface area (Å²) in [6, 6.07) is 17.4. The fourth-order valence-electron chi connectivity index (χ4n) is 5.76. The average Bonchev–Trinajstić information content (AvgIpc) is 2.94. The molecule has 3 aromatic carbocycles. The van der Waals surface area contributed by atoms with Crippen molar-refractivity contribution in [2.45, 2.75) is 31.9 Å². The van der Waals surface area contributed by atoms with E-state index >= 15 is 0 Å². The van der Waals surface area contributed by atoms with Crippen molar-refractivity contribution in [3.63, 3.8) is 0 Å². The highest BCUT2D eigenvalue weighted by molar-refractivity contribution is 5.87. The zero-order chi connectivity index (χ0) is 26.7. The minimum atomic E-state index is -1.02. The number of benzene rings is 3. The zero-order valence-corrected chi connectivity index (χ0v) is 21.4. The quantitative estimate of drug-likeness (QED) is 0.333. The first-order chi connectivity index (χ1) is 18.4. The molecule has 1 amide bonds. The second kappa shape index (κ2) is 11.1. The summed E-state index contributed by atoms with van der Waals surface area (Å²) < 4.78 is 54.3. The second-order valence-electron chi connectivity index (χ2n) is 10.3. The Kier molecular flexibility index (Phi) is 7.61. The lowest BCUT2D eigenvalue weighted by Gasteiger charge is -2.52. The molecule has 200 valence electrons. The number of nitrogens with zero attached hydrogens (tertiary/aromatic N) is 2. The molecule has 3 aliphatic heterocycles. The first-order valence-corrected chi connectivity index (χ1v) is 13.0. The van der Waals surface area contributed by atoms with Crippen LogP contribution in [0.15, 0.2) is 66.7 Å². The van der Waals surface area contributed by atoms with E-state index in [-0.39, 0.29) is 24.3 Å². The molecular weight excluding hydrogens is 493 g/mol. The summed E-state index contributed by atoms with van der Waals surface area (Å²) in [6.45, 7) is 3.59. The Morgan fingerprint density at radius 2 is 1.63 bits per heavy atom. The van der Waals surface area contributed by atoms with Crippen LogP contribution in [-0.2, 0) is 17.7 Å². The summed E-state index contributed by atoms with van der Waals surface area (Å²) in [4.78, 5) is 14.7. The fraction of sp³-hybridized carbons (Fsp3) is 0.367. The Morgan fingerprint density at radius 3 is 2.32 bits per heavy atom. The molecule has 0 saturated carbocycles. The fourth-order valence-corrected chi connectivity index (χ4v) is 5.76. The van der Waals surface area contributed by atoms with Gasteiger partial charge in [0, 0.05) is 25.2 Å². The number of hydrogen-bond acceptors (Lipinski definition) is 3. The van der Waals surface area contributed by atoms with Gasteiger partial charge in [0.15, 0.2) is 17.7 Å². The minimum absolute atomic E-state index is 0.0342. The molecule has 38 heavy (non-hydrogen) atoms. The highest BCUT2D eigenvalue weighted by atomic mass is 19.2. The van der Waals surface area contributed by atoms with Crippen molar-refractivity contribution >= 4 is 11.8 Å². The molecule has 3 aliphatic rings. The Labute approximate surface area is 221 Å². The van der Waals surface area contributed by atoms with E-state index in [1.165, 1.54) is 34.7 Å². The molecule has 0 aliphatic carbocycles. The molecule has 3 saturated heterocycles. The van der Waals surface area contributed by atoms with Crippen molar-refractivity contribution in [2.24, 2.45) is 5.92 Å². The molecule has 2 bridgehead atoms. The number of anilines is 1. The molecule has 5 nitrogen and oxygen atoms in total. The number of hydrogen-bond donors (Lipinski definition) is 0. The summed E-state index contributed by atoms with van der Waals surface area (Å²) in [5, 5.41) is 0. The Balaban J connectivity index is 1.30. The van der Waals surface area contributed by atoms with Gasteiger partial charge in [0.1, 0.15) is 18.1 Å². The van der Waals surface area contributed by atoms with Gasteiger partial charge < -0.3 is 14.0 Å². The first kappa shape index (κ1) is 26.1. The monoisotopic (exact) mass is 525 g/mol. The molecule has 3 aromatic rings. The summed E-state index contributed by atoms with van der Waals surface area (Å²) in [7, 11) is 1.65. The lowest BCUT2D eigenvalue weighted by atomic mass is 9.83. The third-order valence-electron chi connectivity index (χ3n) is 8.02. The predicted octanol–water partition coefficient (Wildman–Crippen LogP) is 6.11. The maximum atomic E-state index is 14.8. The molecule has 6 rings (SSSR count). The van der Waals surface area contributed by atoms with Gasteiger partial charge in [-0.3, -0.25) is 4.90 Å². The molecule has 8 heteroatoms. The summed E-state index contributed by atoms with van der Waals surface area (Å²) >= 11 is 0. The standard InChI is InChI=1S/C30H32F3N2O3/c1-37-24-9-6-21(7-10-24)12-15-35-16-13-23(14-17-35)29(20-35)38-30(36)34(28-5-3-2-4-26(28)32)19-22-8-11-25(31)27(33)18-22/h2-11,18,23,29H,12-17,19-20H2,1H3/q+1/t23?,29-,35?/m0/s1. The maximum absolute atomic E-state index is 14.8. The van der Waals surface area contributed by atoms with Crippen LogP contribution in [0.5, 0.6) is 5.75 Å². The van der Waals surface area contributed by atoms with Crippen LogP contribution < -0.4 is 9.64 Å². The zero-order valence-electron chi connectivity index (χ0n) is 21.4. The van der Waals surface area contributed by atoms with E-state index in [1.807, 2.05) is 12.1 Å². The Morgan fingerprint density at radius 1 is 0.921 bits per heavy atom. The topological polar surface area (TPSA) is 38.8 Å². The molecular formula is C30H32F3N2O3+. The van der Waals surface area contributed by atoms with Crippen LogP contribution in [0.2, 0.25) is 0 Å². The van der Waals surface area contributed by atoms with Crippen molar-refractivity contribution in [2.75, 3.05) is 38.2 Å². The highest BCUT2D eigenvalue weighted by Crippen LogP contribution is 2.36. The van der Waals surface area contributed by atoms with E-state index in [9.17, 15) is 18.0 Å². The van der Waals surface area contributed by atoms with Gasteiger partial charge in [0.05, 0.1) is 39.0 Å². The van der Waals surface area contributed by atoms with Crippen LogP contribution in [0.3, 0.4) is 0 Å². The average molecular weight is 526 g/mol. The largest absolute Gasteiger partial charge is 0.497 e. The summed E-state index contributed by atoms with van der Waals surface area (Å²) in [5.74, 6) is -1.52. The molecule has 0 radical (unpaired) electrons. The molecule has 0 N–H and O–H groups in total. The van der Waals surface area contributed by atoms with Crippen LogP contribution in [0.25, 0.3) is 0 Å². The number of methoxy groups -OCH3 is 1. The molecule has 0 unspecified atom stereocenters. The van der Waals surface area contributed by atoms with Gasteiger partial charge in [-0.2, -0.15) is 0 Å². The van der Waals surface area contributed by atoms with Crippen LogP contribution in [0.1, 0.15) is 24.0 Å². The molecule has 0 aromatic heterocycles. The predicted molar refractivity (Wildman–Crippen MR) is 138 cm³/mol. The van der Waals surface area contributed by atoms with Gasteiger partial charge in [-0.25, -0.2) is 18.0 Å². The van der Waals surface area contributed by atoms with Crippen molar-refractivity contribution in [3.05, 3.63) is 95.3 Å². The molecule has 3 fully saturated rings. The number of ether oxygens (including phenoxy) is 2. The van der Waals surface area contributed by atoms with Gasteiger partial charge in [0.25, 0.3) is 0 Å². The van der Waals surface area contributed by atoms with Gasteiger partial charge in [-0.15, -0.1) is 0 Å². The van der Waals surface area contributed by atoms with E-state index < -0.39 is 23.5 Å². The number of halogens is 3. The van der Waals surface area contributed by atoms with Crippen LogP contribution in [0, 0.1) is 23.4 Å². The highest BCUT2D eigenvalue weighted by Gasteiger charge is 2.47. The Hall–Kier alpha value is -3.52. The third-order valence-corrected chi connectivity index (χ3v) is 8.02. The van der Waals surface area contributed by atoms with E-state index in [0.29, 0.717) is 12.1 Å². The van der Waals surface area contributed by atoms with Crippen molar-refractivity contribution in [1.29, 1.82) is 0 Å². The van der Waals surface area contributed by atoms with Crippen LogP contribution in [0.4, 0.5) is 23.7 Å². The molecule has 3 heterocycles. The lowest BCUT2D eigenvalue weighted by Crippen LogP contribution is -2.65. The van der Waals surface area contributed by atoms with Crippen LogP contribution >= 0.6 is 0 Å². The number of amides is 1. The van der Waals surface area contributed by atoms with E-state index in [0.717, 1.165) is 61.3 Å². The van der Waals surface area contributed by atoms with Crippen molar-refractivity contribution in [3.8, 4) is 5.75 Å². The second-order valence-corrected chi connectivity index (χ2v) is 10.3. The molecule has 1 atom stereocenters. The first-order valence-electron chi connectivity index (χ1n) is 13.0. The number of carbonyl (C=O) groups is 1. The van der Waals surface area contributed by atoms with E-state index in [4.69, 9.17) is 9.47 Å². The van der Waals surface area contributed by atoms with Gasteiger partial charge in [0.2, 0.25) is 0 Å². The number of para-hydroxylation sites is 1. The van der Waals surface area contributed by atoms with Crippen LogP contribution in [-0.4, -0.2) is 50.0 Å². The smallest absolute Gasteiger partial charge is 0.415 e. The number of rotatable bonds is 8. The van der Waals surface area contributed by atoms with Gasteiger partial charge in [-0.1, -0.05) is 30.3 Å². The maximum Gasteiger partial charge on any atom is 0.415 e. The third kappa shape index (κ3) is 5.65. The number of piperidine rings is 3. The summed E-state index contributed by atoms with van der Waals surface area (Å²) in [5.41, 5.74) is 1.60. The number of quaternary nitrogens is 1. The minimum Gasteiger partial charge on any atom is -0.497 e. The van der Waals surface area contributed by atoms with Crippen molar-refractivity contribution in [1.82, 2.24) is 0 Å².